The van der Waals surface area contributed by atoms with Crippen LogP contribution in [0.5, 0.6) is 0 Å². The standard InChI is InChI=1S/C13H9BrN2O2S/c14-9-3-6-11-12(7-9)19-13(15-11)8-1-4-10(5-2-8)16(17)18/h1-7,13,15H. The van der Waals surface area contributed by atoms with E-state index in [-0.39, 0.29) is 16.0 Å². The van der Waals surface area contributed by atoms with Gasteiger partial charge in [0.2, 0.25) is 0 Å². The lowest BCUT2D eigenvalue weighted by Crippen LogP contribution is -2.01. The van der Waals surface area contributed by atoms with E-state index in [1.165, 1.54) is 17.0 Å². The molecule has 0 saturated carbocycles. The minimum Gasteiger partial charge on any atom is -0.368 e. The molecule has 0 aliphatic carbocycles. The van der Waals surface area contributed by atoms with Gasteiger partial charge in [0.05, 0.1) is 4.92 Å². The molecule has 3 rings (SSSR count). The highest BCUT2D eigenvalue weighted by molar-refractivity contribution is 9.10. The summed E-state index contributed by atoms with van der Waals surface area (Å²) in [6, 6.07) is 12.8. The Balaban J connectivity index is 1.84. The van der Waals surface area contributed by atoms with Crippen LogP contribution in [0.2, 0.25) is 0 Å². The number of thioether (sulfide) groups is 1. The molecule has 1 aliphatic heterocycles. The zero-order valence-electron chi connectivity index (χ0n) is 9.67. The number of fused-ring (bicyclic) bond motifs is 1. The lowest BCUT2D eigenvalue weighted by Gasteiger charge is -2.10. The number of hydrogen-bond donors (Lipinski definition) is 1. The van der Waals surface area contributed by atoms with Crippen molar-refractivity contribution in [3.05, 3.63) is 62.6 Å². The van der Waals surface area contributed by atoms with Gasteiger partial charge in [-0.3, -0.25) is 10.1 Å². The fourth-order valence-corrected chi connectivity index (χ4v) is 3.63. The topological polar surface area (TPSA) is 55.2 Å². The predicted molar refractivity (Wildman–Crippen MR) is 79.5 cm³/mol. The van der Waals surface area contributed by atoms with Gasteiger partial charge in [-0.1, -0.05) is 27.7 Å². The van der Waals surface area contributed by atoms with E-state index in [0.29, 0.717) is 0 Å². The van der Waals surface area contributed by atoms with Crippen molar-refractivity contribution in [2.75, 3.05) is 5.32 Å². The molecular weight excluding hydrogens is 328 g/mol. The SMILES string of the molecule is O=[N+]([O-])c1ccc(C2Nc3ccc(Br)cc3S2)cc1. The summed E-state index contributed by atoms with van der Waals surface area (Å²) < 4.78 is 1.05. The maximum Gasteiger partial charge on any atom is 0.269 e. The van der Waals surface area contributed by atoms with Gasteiger partial charge in [0.15, 0.2) is 0 Å². The molecule has 0 aromatic heterocycles. The third-order valence-corrected chi connectivity index (χ3v) is 4.59. The van der Waals surface area contributed by atoms with Crippen LogP contribution in [0.4, 0.5) is 11.4 Å². The first kappa shape index (κ1) is 12.5. The first-order valence-electron chi connectivity index (χ1n) is 5.60. The second-order valence-electron chi connectivity index (χ2n) is 4.13. The van der Waals surface area contributed by atoms with E-state index >= 15 is 0 Å². The molecule has 1 aliphatic rings. The van der Waals surface area contributed by atoms with Gasteiger partial charge < -0.3 is 5.32 Å². The molecular formula is C13H9BrN2O2S. The van der Waals surface area contributed by atoms with Gasteiger partial charge in [-0.05, 0) is 35.9 Å². The average molecular weight is 337 g/mol. The number of non-ortho nitro benzene ring substituents is 1. The third kappa shape index (κ3) is 2.46. The quantitative estimate of drug-likeness (QED) is 0.644. The zero-order valence-corrected chi connectivity index (χ0v) is 12.1. The van der Waals surface area contributed by atoms with Crippen molar-refractivity contribution in [2.45, 2.75) is 10.3 Å². The van der Waals surface area contributed by atoms with Crippen molar-refractivity contribution in [1.82, 2.24) is 0 Å². The van der Waals surface area contributed by atoms with Crippen LogP contribution in [0.1, 0.15) is 10.9 Å². The summed E-state index contributed by atoms with van der Waals surface area (Å²) in [6.07, 6.45) is 0. The Morgan fingerprint density at radius 1 is 1.21 bits per heavy atom. The summed E-state index contributed by atoms with van der Waals surface area (Å²) in [5.41, 5.74) is 2.24. The van der Waals surface area contributed by atoms with Gasteiger partial charge in [0, 0.05) is 27.2 Å². The Kier molecular flexibility index (Phi) is 3.20. The first-order chi connectivity index (χ1) is 9.13. The molecule has 0 fully saturated rings. The molecule has 96 valence electrons. The Labute approximate surface area is 122 Å². The van der Waals surface area contributed by atoms with Crippen molar-refractivity contribution >= 4 is 39.1 Å². The second kappa shape index (κ2) is 4.86. The van der Waals surface area contributed by atoms with E-state index in [4.69, 9.17) is 0 Å². The number of rotatable bonds is 2. The number of nitrogens with one attached hydrogen (secondary N) is 1. The van der Waals surface area contributed by atoms with Gasteiger partial charge in [-0.25, -0.2) is 0 Å². The molecule has 4 nitrogen and oxygen atoms in total. The normalized spacial score (nSPS) is 16.8. The van der Waals surface area contributed by atoms with Crippen molar-refractivity contribution in [2.24, 2.45) is 0 Å². The predicted octanol–water partition coefficient (Wildman–Crippen LogP) is 4.57. The molecule has 1 unspecified atom stereocenters. The molecule has 19 heavy (non-hydrogen) atoms. The van der Waals surface area contributed by atoms with Crippen molar-refractivity contribution in [3.63, 3.8) is 0 Å². The van der Waals surface area contributed by atoms with Crippen LogP contribution in [-0.4, -0.2) is 4.92 Å². The number of nitro benzene ring substituents is 1. The van der Waals surface area contributed by atoms with Crippen LogP contribution in [0, 0.1) is 10.1 Å². The first-order valence-corrected chi connectivity index (χ1v) is 7.28. The van der Waals surface area contributed by atoms with E-state index < -0.39 is 0 Å². The fourth-order valence-electron chi connectivity index (χ4n) is 1.93. The highest BCUT2D eigenvalue weighted by atomic mass is 79.9. The number of hydrogen-bond acceptors (Lipinski definition) is 4. The number of nitro groups is 1. The summed E-state index contributed by atoms with van der Waals surface area (Å²) >= 11 is 5.16. The third-order valence-electron chi connectivity index (χ3n) is 2.88. The highest BCUT2D eigenvalue weighted by Gasteiger charge is 2.23. The molecule has 1 heterocycles. The van der Waals surface area contributed by atoms with Crippen LogP contribution in [0.25, 0.3) is 0 Å². The minimum atomic E-state index is -0.384. The molecule has 1 atom stereocenters. The summed E-state index contributed by atoms with van der Waals surface area (Å²) in [4.78, 5) is 11.4. The van der Waals surface area contributed by atoms with Crippen LogP contribution in [-0.2, 0) is 0 Å². The minimum absolute atomic E-state index is 0.102. The summed E-state index contributed by atoms with van der Waals surface area (Å²) in [7, 11) is 0. The largest absolute Gasteiger partial charge is 0.368 e. The molecule has 2 aromatic carbocycles. The molecule has 0 spiro atoms. The molecule has 6 heteroatoms. The van der Waals surface area contributed by atoms with E-state index in [2.05, 4.69) is 27.3 Å². The summed E-state index contributed by atoms with van der Waals surface area (Å²) in [5, 5.41) is 14.1. The van der Waals surface area contributed by atoms with Crippen molar-refractivity contribution in [1.29, 1.82) is 0 Å². The van der Waals surface area contributed by atoms with Crippen LogP contribution in [0.3, 0.4) is 0 Å². The molecule has 0 bridgehead atoms. The number of nitrogens with zero attached hydrogens (tertiary/aromatic N) is 1. The molecule has 2 aromatic rings. The van der Waals surface area contributed by atoms with Crippen LogP contribution in [0.15, 0.2) is 51.8 Å². The Bertz CT molecular complexity index is 646. The van der Waals surface area contributed by atoms with Crippen molar-refractivity contribution < 1.29 is 4.92 Å². The molecule has 0 amide bonds. The highest BCUT2D eigenvalue weighted by Crippen LogP contribution is 2.47. The van der Waals surface area contributed by atoms with Gasteiger partial charge in [0.1, 0.15) is 5.37 Å². The smallest absolute Gasteiger partial charge is 0.269 e. The van der Waals surface area contributed by atoms with Crippen molar-refractivity contribution in [3.8, 4) is 0 Å². The lowest BCUT2D eigenvalue weighted by atomic mass is 10.2. The van der Waals surface area contributed by atoms with E-state index in [0.717, 1.165) is 15.7 Å². The monoisotopic (exact) mass is 336 g/mol. The maximum atomic E-state index is 10.6. The van der Waals surface area contributed by atoms with Gasteiger partial charge in [0.25, 0.3) is 5.69 Å². The number of benzene rings is 2. The molecule has 0 radical (unpaired) electrons. The van der Waals surface area contributed by atoms with Gasteiger partial charge >= 0.3 is 0 Å². The number of anilines is 1. The van der Waals surface area contributed by atoms with Gasteiger partial charge in [-0.2, -0.15) is 0 Å². The Morgan fingerprint density at radius 2 is 1.95 bits per heavy atom. The second-order valence-corrected chi connectivity index (χ2v) is 6.19. The fraction of sp³-hybridized carbons (Fsp3) is 0.0769. The van der Waals surface area contributed by atoms with Crippen LogP contribution >= 0.6 is 27.7 Å². The van der Waals surface area contributed by atoms with E-state index in [1.54, 1.807) is 23.9 Å². The zero-order chi connectivity index (χ0) is 13.4. The van der Waals surface area contributed by atoms with Gasteiger partial charge in [-0.15, -0.1) is 0 Å². The lowest BCUT2D eigenvalue weighted by molar-refractivity contribution is -0.384. The molecule has 0 saturated heterocycles. The summed E-state index contributed by atoms with van der Waals surface area (Å²) in [6.45, 7) is 0. The number of halogens is 1. The van der Waals surface area contributed by atoms with Crippen LogP contribution < -0.4 is 5.32 Å². The Hall–Kier alpha value is -1.53. The Morgan fingerprint density at radius 3 is 2.63 bits per heavy atom. The molecule has 1 N–H and O–H groups in total. The van der Waals surface area contributed by atoms with E-state index in [1.807, 2.05) is 12.1 Å². The summed E-state index contributed by atoms with van der Waals surface area (Å²) in [5.74, 6) is 0. The maximum absolute atomic E-state index is 10.6. The van der Waals surface area contributed by atoms with E-state index in [9.17, 15) is 10.1 Å². The average Bonchev–Trinajstić information content (AvgIpc) is 2.81.